The van der Waals surface area contributed by atoms with E-state index in [1.54, 1.807) is 12.1 Å². The van der Waals surface area contributed by atoms with Gasteiger partial charge in [0.15, 0.2) is 11.5 Å². The number of amides is 1. The first kappa shape index (κ1) is 22.1. The predicted octanol–water partition coefficient (Wildman–Crippen LogP) is 3.94. The Hall–Kier alpha value is -2.15. The van der Waals surface area contributed by atoms with Crippen molar-refractivity contribution in [2.45, 2.75) is 45.8 Å². The minimum atomic E-state index is -2.98. The number of hydrogen-bond donors (Lipinski definition) is 1. The van der Waals surface area contributed by atoms with E-state index in [0.717, 1.165) is 13.1 Å². The number of hydrogen-bond acceptors (Lipinski definition) is 4. The molecule has 0 saturated carbocycles. The van der Waals surface area contributed by atoms with E-state index in [0.29, 0.717) is 18.0 Å². The maximum atomic E-state index is 12.7. The van der Waals surface area contributed by atoms with E-state index in [-0.39, 0.29) is 22.9 Å². The second kappa shape index (κ2) is 9.87. The lowest BCUT2D eigenvalue weighted by atomic mass is 9.93. The molecule has 1 heterocycles. The zero-order valence-corrected chi connectivity index (χ0v) is 17.0. The Morgan fingerprint density at radius 2 is 2.18 bits per heavy atom. The highest BCUT2D eigenvalue weighted by Gasteiger charge is 2.30. The molecular weight excluding hydrogens is 366 g/mol. The van der Waals surface area contributed by atoms with Gasteiger partial charge in [-0.15, -0.1) is 0 Å². The van der Waals surface area contributed by atoms with Crippen LogP contribution < -0.4 is 14.8 Å². The van der Waals surface area contributed by atoms with Crippen LogP contribution in [0, 0.1) is 5.92 Å². The molecule has 156 valence electrons. The summed E-state index contributed by atoms with van der Waals surface area (Å²) < 4.78 is 35.0. The van der Waals surface area contributed by atoms with Crippen molar-refractivity contribution in [2.24, 2.45) is 5.92 Å². The van der Waals surface area contributed by atoms with E-state index in [4.69, 9.17) is 4.74 Å². The maximum absolute atomic E-state index is 12.7. The topological polar surface area (TPSA) is 50.8 Å². The molecule has 1 unspecified atom stereocenters. The van der Waals surface area contributed by atoms with Gasteiger partial charge in [0.1, 0.15) is 0 Å². The molecular formula is C21H30F2N2O3. The van der Waals surface area contributed by atoms with Crippen molar-refractivity contribution < 1.29 is 23.0 Å². The van der Waals surface area contributed by atoms with Gasteiger partial charge in [0.25, 0.3) is 0 Å². The number of likely N-dealkylation sites (tertiary alicyclic amines) is 1. The quantitative estimate of drug-likeness (QED) is 0.677. The number of nitrogens with one attached hydrogen (secondary N) is 1. The lowest BCUT2D eigenvalue weighted by Gasteiger charge is -2.43. The normalized spacial score (nSPS) is 18.5. The molecule has 5 nitrogen and oxygen atoms in total. The Morgan fingerprint density at radius 1 is 1.43 bits per heavy atom. The number of para-hydroxylation sites is 1. The molecule has 2 rings (SSSR count). The predicted molar refractivity (Wildman–Crippen MR) is 106 cm³/mol. The Balaban J connectivity index is 2.00. The van der Waals surface area contributed by atoms with Gasteiger partial charge in [-0.2, -0.15) is 8.78 Å². The van der Waals surface area contributed by atoms with Crippen LogP contribution >= 0.6 is 0 Å². The van der Waals surface area contributed by atoms with E-state index in [1.165, 1.54) is 38.2 Å². The number of ether oxygens (including phenoxy) is 2. The number of halogens is 2. The van der Waals surface area contributed by atoms with E-state index >= 15 is 0 Å². The van der Waals surface area contributed by atoms with Crippen LogP contribution in [0.25, 0.3) is 6.08 Å². The van der Waals surface area contributed by atoms with Crippen LogP contribution in [-0.2, 0) is 4.79 Å². The van der Waals surface area contributed by atoms with E-state index in [9.17, 15) is 13.6 Å². The van der Waals surface area contributed by atoms with Crippen LogP contribution in [0.1, 0.15) is 39.2 Å². The zero-order valence-electron chi connectivity index (χ0n) is 17.0. The van der Waals surface area contributed by atoms with Gasteiger partial charge in [-0.3, -0.25) is 9.69 Å². The van der Waals surface area contributed by atoms with Crippen molar-refractivity contribution in [2.75, 3.05) is 26.7 Å². The minimum absolute atomic E-state index is 0.0910. The second-order valence-electron chi connectivity index (χ2n) is 7.81. The summed E-state index contributed by atoms with van der Waals surface area (Å²) in [7, 11) is 1.37. The Bertz CT molecular complexity index is 692. The lowest BCUT2D eigenvalue weighted by molar-refractivity contribution is -0.117. The third-order valence-corrected chi connectivity index (χ3v) is 5.06. The van der Waals surface area contributed by atoms with Gasteiger partial charge in [-0.1, -0.05) is 19.1 Å². The summed E-state index contributed by atoms with van der Waals surface area (Å²) in [6, 6.07) is 4.76. The number of carbonyl (C=O) groups excluding carboxylic acids is 1. The average Bonchev–Trinajstić information content (AvgIpc) is 2.65. The first-order valence-electron chi connectivity index (χ1n) is 9.55. The molecule has 1 aliphatic heterocycles. The monoisotopic (exact) mass is 396 g/mol. The van der Waals surface area contributed by atoms with Crippen LogP contribution in [0.5, 0.6) is 11.5 Å². The van der Waals surface area contributed by atoms with Crippen molar-refractivity contribution in [3.63, 3.8) is 0 Å². The molecule has 0 bridgehead atoms. The first-order valence-corrected chi connectivity index (χ1v) is 9.55. The van der Waals surface area contributed by atoms with Gasteiger partial charge < -0.3 is 14.8 Å². The van der Waals surface area contributed by atoms with Crippen LogP contribution in [0.15, 0.2) is 24.3 Å². The number of carbonyl (C=O) groups is 1. The number of alkyl halides is 2. The van der Waals surface area contributed by atoms with Gasteiger partial charge in [0.2, 0.25) is 5.91 Å². The van der Waals surface area contributed by atoms with Gasteiger partial charge >= 0.3 is 6.61 Å². The summed E-state index contributed by atoms with van der Waals surface area (Å²) in [4.78, 5) is 14.7. The van der Waals surface area contributed by atoms with Crippen molar-refractivity contribution in [1.82, 2.24) is 10.2 Å². The van der Waals surface area contributed by atoms with Gasteiger partial charge in [0, 0.05) is 30.3 Å². The Labute approximate surface area is 165 Å². The van der Waals surface area contributed by atoms with Gasteiger partial charge in [0.05, 0.1) is 7.11 Å². The molecule has 1 amide bonds. The van der Waals surface area contributed by atoms with Crippen LogP contribution in [0.4, 0.5) is 8.78 Å². The fourth-order valence-electron chi connectivity index (χ4n) is 3.42. The highest BCUT2D eigenvalue weighted by Crippen LogP contribution is 2.33. The third kappa shape index (κ3) is 6.19. The first-order chi connectivity index (χ1) is 13.2. The molecule has 1 N–H and O–H groups in total. The van der Waals surface area contributed by atoms with Crippen molar-refractivity contribution in [3.05, 3.63) is 29.8 Å². The summed E-state index contributed by atoms with van der Waals surface area (Å²) in [5, 5.41) is 2.91. The summed E-state index contributed by atoms with van der Waals surface area (Å²) in [6.07, 6.45) is 5.18. The van der Waals surface area contributed by atoms with Crippen LogP contribution in [0.2, 0.25) is 0 Å². The molecule has 0 spiro atoms. The summed E-state index contributed by atoms with van der Waals surface area (Å²) >= 11 is 0. The zero-order chi connectivity index (χ0) is 20.7. The number of benzene rings is 1. The summed E-state index contributed by atoms with van der Waals surface area (Å²) in [6.45, 7) is 6.05. The van der Waals surface area contributed by atoms with Crippen molar-refractivity contribution in [1.29, 1.82) is 0 Å². The van der Waals surface area contributed by atoms with Crippen molar-refractivity contribution in [3.8, 4) is 11.5 Å². The number of piperidine rings is 1. The molecule has 0 aromatic heterocycles. The Morgan fingerprint density at radius 3 is 2.82 bits per heavy atom. The molecule has 7 heteroatoms. The summed E-state index contributed by atoms with van der Waals surface area (Å²) in [5.41, 5.74) is 0.192. The van der Waals surface area contributed by atoms with Crippen LogP contribution in [-0.4, -0.2) is 49.7 Å². The van der Waals surface area contributed by atoms with E-state index in [1.807, 2.05) is 0 Å². The maximum Gasteiger partial charge on any atom is 0.387 e. The molecule has 1 aliphatic rings. The van der Waals surface area contributed by atoms with Crippen LogP contribution in [0.3, 0.4) is 0 Å². The molecule has 0 aliphatic carbocycles. The molecule has 1 atom stereocenters. The lowest BCUT2D eigenvalue weighted by Crippen LogP contribution is -2.54. The summed E-state index contributed by atoms with van der Waals surface area (Å²) in [5.74, 6) is 0.462. The molecule has 0 radical (unpaired) electrons. The average molecular weight is 396 g/mol. The molecule has 1 fully saturated rings. The molecule has 1 saturated heterocycles. The number of methoxy groups -OCH3 is 1. The molecule has 28 heavy (non-hydrogen) atoms. The standard InChI is InChI=1S/C21H30F2N2O3/c1-15-7-6-12-25(13-15)21(2,3)14-24-18(26)11-10-16-8-5-9-17(27-4)19(16)28-20(22)23/h5,8-11,15,20H,6-7,12-14H2,1-4H3,(H,24,26). The van der Waals surface area contributed by atoms with E-state index in [2.05, 4.69) is 35.7 Å². The highest BCUT2D eigenvalue weighted by molar-refractivity contribution is 5.92. The molecule has 1 aromatic rings. The van der Waals surface area contributed by atoms with Crippen molar-refractivity contribution >= 4 is 12.0 Å². The molecule has 1 aromatic carbocycles. The van der Waals surface area contributed by atoms with Gasteiger partial charge in [-0.25, -0.2) is 0 Å². The number of rotatable bonds is 8. The minimum Gasteiger partial charge on any atom is -0.493 e. The Kier molecular flexibility index (Phi) is 7.80. The largest absolute Gasteiger partial charge is 0.493 e. The smallest absolute Gasteiger partial charge is 0.387 e. The van der Waals surface area contributed by atoms with Gasteiger partial charge in [-0.05, 0) is 51.3 Å². The fourth-order valence-corrected chi connectivity index (χ4v) is 3.42. The second-order valence-corrected chi connectivity index (χ2v) is 7.81. The highest BCUT2D eigenvalue weighted by atomic mass is 19.3. The fraction of sp³-hybridized carbons (Fsp3) is 0.571. The van der Waals surface area contributed by atoms with E-state index < -0.39 is 6.61 Å². The third-order valence-electron chi connectivity index (χ3n) is 5.06. The SMILES string of the molecule is COc1cccc(C=CC(=O)NCC(C)(C)N2CCCC(C)C2)c1OC(F)F. The number of nitrogens with zero attached hydrogens (tertiary/aromatic N) is 1.